The molecule has 4 heteroatoms. The molecule has 1 heterocycles. The summed E-state index contributed by atoms with van der Waals surface area (Å²) in [6.45, 7) is 9.02. The van der Waals surface area contributed by atoms with Gasteiger partial charge in [0, 0.05) is 38.3 Å². The number of aliphatic hydroxyl groups is 1. The Morgan fingerprint density at radius 3 is 2.67 bits per heavy atom. The molecule has 0 spiro atoms. The van der Waals surface area contributed by atoms with E-state index in [0.717, 1.165) is 32.6 Å². The van der Waals surface area contributed by atoms with Crippen molar-refractivity contribution in [3.05, 3.63) is 0 Å². The number of hydrogen-bond donors (Lipinski definition) is 1. The number of nitrogens with zero attached hydrogens (tertiary/aromatic N) is 3. The van der Waals surface area contributed by atoms with Gasteiger partial charge in [0.15, 0.2) is 0 Å². The van der Waals surface area contributed by atoms with Gasteiger partial charge >= 0.3 is 0 Å². The van der Waals surface area contributed by atoms with E-state index < -0.39 is 0 Å². The second-order valence-electron chi connectivity index (χ2n) is 4.75. The van der Waals surface area contributed by atoms with Gasteiger partial charge in [-0.05, 0) is 20.3 Å². The third kappa shape index (κ3) is 3.45. The monoisotopic (exact) mass is 211 g/mol. The molecule has 1 rings (SSSR count). The van der Waals surface area contributed by atoms with Crippen molar-refractivity contribution in [3.8, 4) is 6.07 Å². The predicted octanol–water partition coefficient (Wildman–Crippen LogP) is 0.289. The number of piperazine rings is 1. The van der Waals surface area contributed by atoms with Gasteiger partial charge in [0.25, 0.3) is 0 Å². The molecule has 1 fully saturated rings. The van der Waals surface area contributed by atoms with E-state index in [4.69, 9.17) is 10.4 Å². The summed E-state index contributed by atoms with van der Waals surface area (Å²) in [6.07, 6.45) is 0.842. The van der Waals surface area contributed by atoms with Gasteiger partial charge in [-0.15, -0.1) is 0 Å². The van der Waals surface area contributed by atoms with E-state index in [0.29, 0.717) is 6.54 Å². The van der Waals surface area contributed by atoms with Crippen molar-refractivity contribution in [1.82, 2.24) is 9.80 Å². The summed E-state index contributed by atoms with van der Waals surface area (Å²) in [7, 11) is 0. The van der Waals surface area contributed by atoms with Crippen molar-refractivity contribution in [2.75, 3.05) is 39.3 Å². The van der Waals surface area contributed by atoms with Crippen LogP contribution in [-0.2, 0) is 0 Å². The van der Waals surface area contributed by atoms with Gasteiger partial charge in [0.1, 0.15) is 0 Å². The third-order valence-corrected chi connectivity index (χ3v) is 3.05. The zero-order valence-electron chi connectivity index (χ0n) is 9.74. The molecule has 0 saturated carbocycles. The van der Waals surface area contributed by atoms with Gasteiger partial charge in [0.2, 0.25) is 0 Å². The Labute approximate surface area is 92.1 Å². The molecule has 1 saturated heterocycles. The van der Waals surface area contributed by atoms with Crippen molar-refractivity contribution >= 4 is 0 Å². The molecule has 1 aliphatic rings. The lowest BCUT2D eigenvalue weighted by molar-refractivity contribution is 0.0273. The first kappa shape index (κ1) is 12.4. The Bertz CT molecular complexity index is 234. The van der Waals surface area contributed by atoms with Gasteiger partial charge in [-0.2, -0.15) is 5.26 Å². The minimum absolute atomic E-state index is 0.0729. The van der Waals surface area contributed by atoms with Crippen LogP contribution in [0, 0.1) is 11.3 Å². The van der Waals surface area contributed by atoms with E-state index in [1.54, 1.807) is 0 Å². The fourth-order valence-electron chi connectivity index (χ4n) is 2.15. The molecule has 0 unspecified atom stereocenters. The highest BCUT2D eigenvalue weighted by Crippen LogP contribution is 2.20. The van der Waals surface area contributed by atoms with E-state index in [2.05, 4.69) is 29.7 Å². The molecule has 0 aliphatic carbocycles. The average Bonchev–Trinajstić information content (AvgIpc) is 2.18. The smallest absolute Gasteiger partial charge is 0.0871 e. The van der Waals surface area contributed by atoms with Crippen molar-refractivity contribution in [2.24, 2.45) is 0 Å². The van der Waals surface area contributed by atoms with Crippen LogP contribution in [0.3, 0.4) is 0 Å². The molecule has 86 valence electrons. The summed E-state index contributed by atoms with van der Waals surface area (Å²) in [5.74, 6) is 0. The largest absolute Gasteiger partial charge is 0.396 e. The molecule has 1 N–H and O–H groups in total. The maximum absolute atomic E-state index is 8.78. The Balaban J connectivity index is 2.45. The van der Waals surface area contributed by atoms with Crippen LogP contribution in [0.1, 0.15) is 20.3 Å². The first-order valence-corrected chi connectivity index (χ1v) is 5.55. The van der Waals surface area contributed by atoms with E-state index in [1.807, 2.05) is 0 Å². The van der Waals surface area contributed by atoms with Crippen LogP contribution >= 0.6 is 0 Å². The van der Waals surface area contributed by atoms with Gasteiger partial charge in [-0.25, -0.2) is 0 Å². The lowest BCUT2D eigenvalue weighted by Crippen LogP contribution is -2.59. The second-order valence-corrected chi connectivity index (χ2v) is 4.75. The molecule has 1 aliphatic heterocycles. The van der Waals surface area contributed by atoms with Crippen molar-refractivity contribution in [2.45, 2.75) is 25.8 Å². The van der Waals surface area contributed by atoms with Crippen LogP contribution in [0.4, 0.5) is 0 Å². The zero-order valence-corrected chi connectivity index (χ0v) is 9.74. The minimum atomic E-state index is 0.0729. The minimum Gasteiger partial charge on any atom is -0.396 e. The number of rotatable bonds is 4. The fraction of sp³-hybridized carbons (Fsp3) is 0.909. The Kier molecular flexibility index (Phi) is 4.52. The molecular weight excluding hydrogens is 190 g/mol. The third-order valence-electron chi connectivity index (χ3n) is 3.05. The lowest BCUT2D eigenvalue weighted by Gasteiger charge is -2.46. The van der Waals surface area contributed by atoms with Crippen LogP contribution < -0.4 is 0 Å². The van der Waals surface area contributed by atoms with Gasteiger partial charge < -0.3 is 10.0 Å². The summed E-state index contributed by atoms with van der Waals surface area (Å²) >= 11 is 0. The number of aliphatic hydroxyl groups excluding tert-OH is 1. The van der Waals surface area contributed by atoms with E-state index in [9.17, 15) is 0 Å². The normalized spacial score (nSPS) is 22.5. The standard InChI is InChI=1S/C11H21N3O/c1-11(2)10-13(5-3-9-15)7-8-14(11)6-4-12/h15H,3,5-10H2,1-2H3. The highest BCUT2D eigenvalue weighted by Gasteiger charge is 2.32. The molecular formula is C11H21N3O. The van der Waals surface area contributed by atoms with Gasteiger partial charge in [-0.3, -0.25) is 4.90 Å². The lowest BCUT2D eigenvalue weighted by atomic mass is 9.99. The van der Waals surface area contributed by atoms with E-state index >= 15 is 0 Å². The second kappa shape index (κ2) is 5.45. The first-order valence-electron chi connectivity index (χ1n) is 5.55. The SMILES string of the molecule is CC1(C)CN(CCCO)CCN1CC#N. The fourth-order valence-corrected chi connectivity index (χ4v) is 2.15. The maximum atomic E-state index is 8.78. The topological polar surface area (TPSA) is 50.5 Å². The quantitative estimate of drug-likeness (QED) is 0.679. The number of nitriles is 1. The molecule has 0 aromatic carbocycles. The van der Waals surface area contributed by atoms with Crippen molar-refractivity contribution in [1.29, 1.82) is 5.26 Å². The molecule has 15 heavy (non-hydrogen) atoms. The van der Waals surface area contributed by atoms with Crippen molar-refractivity contribution in [3.63, 3.8) is 0 Å². The van der Waals surface area contributed by atoms with E-state index in [-0.39, 0.29) is 12.1 Å². The summed E-state index contributed by atoms with van der Waals surface area (Å²) in [5.41, 5.74) is 0.0729. The Morgan fingerprint density at radius 1 is 1.40 bits per heavy atom. The molecule has 0 bridgehead atoms. The molecule has 0 aromatic rings. The Hall–Kier alpha value is -0.630. The zero-order chi connectivity index (χ0) is 11.3. The van der Waals surface area contributed by atoms with Crippen LogP contribution in [0.15, 0.2) is 0 Å². The van der Waals surface area contributed by atoms with Gasteiger partial charge in [-0.1, -0.05) is 0 Å². The maximum Gasteiger partial charge on any atom is 0.0871 e. The van der Waals surface area contributed by atoms with Crippen molar-refractivity contribution < 1.29 is 5.11 Å². The number of hydrogen-bond acceptors (Lipinski definition) is 4. The molecule has 0 aromatic heterocycles. The van der Waals surface area contributed by atoms with Crippen LogP contribution in [0.5, 0.6) is 0 Å². The predicted molar refractivity (Wildman–Crippen MR) is 59.4 cm³/mol. The summed E-state index contributed by atoms with van der Waals surface area (Å²) in [5, 5.41) is 17.5. The van der Waals surface area contributed by atoms with E-state index in [1.165, 1.54) is 0 Å². The van der Waals surface area contributed by atoms with Crippen LogP contribution in [-0.4, -0.2) is 59.8 Å². The summed E-state index contributed by atoms with van der Waals surface area (Å²) in [4.78, 5) is 4.59. The molecule has 0 amide bonds. The summed E-state index contributed by atoms with van der Waals surface area (Å²) in [6, 6.07) is 2.22. The van der Waals surface area contributed by atoms with Crippen LogP contribution in [0.2, 0.25) is 0 Å². The Morgan fingerprint density at radius 2 is 2.13 bits per heavy atom. The highest BCUT2D eigenvalue weighted by molar-refractivity contribution is 4.93. The molecule has 0 radical (unpaired) electrons. The average molecular weight is 211 g/mol. The first-order chi connectivity index (χ1) is 7.10. The summed E-state index contributed by atoms with van der Waals surface area (Å²) < 4.78 is 0. The molecule has 4 nitrogen and oxygen atoms in total. The highest BCUT2D eigenvalue weighted by atomic mass is 16.3. The molecule has 0 atom stereocenters. The van der Waals surface area contributed by atoms with Crippen LogP contribution in [0.25, 0.3) is 0 Å². The van der Waals surface area contributed by atoms with Gasteiger partial charge in [0.05, 0.1) is 12.6 Å².